The van der Waals surface area contributed by atoms with Crippen molar-refractivity contribution in [1.82, 2.24) is 0 Å². The van der Waals surface area contributed by atoms with Gasteiger partial charge in [0, 0.05) is 15.0 Å². The number of hydrogen-bond acceptors (Lipinski definition) is 2. The first-order valence-electron chi connectivity index (χ1n) is 6.04. The number of hydrogen-bond donors (Lipinski definition) is 1. The highest BCUT2D eigenvalue weighted by atomic mass is 79.9. The van der Waals surface area contributed by atoms with Crippen LogP contribution in [-0.4, -0.2) is 7.11 Å². The van der Waals surface area contributed by atoms with Crippen LogP contribution >= 0.6 is 31.9 Å². The third-order valence-corrected chi connectivity index (χ3v) is 3.93. The van der Waals surface area contributed by atoms with Gasteiger partial charge in [-0.3, -0.25) is 0 Å². The van der Waals surface area contributed by atoms with Crippen molar-refractivity contribution in [2.45, 2.75) is 12.5 Å². The summed E-state index contributed by atoms with van der Waals surface area (Å²) >= 11 is 6.85. The molecule has 2 N–H and O–H groups in total. The standard InChI is InChI=1S/C15H14Br2FNO/c1-20-14-4-2-3-9(15(14)18)7-13(19)10-5-11(16)8-12(17)6-10/h2-6,8,13H,7,19H2,1H3. The molecule has 0 heterocycles. The van der Waals surface area contributed by atoms with E-state index < -0.39 is 0 Å². The maximum absolute atomic E-state index is 14.1. The minimum atomic E-state index is -0.348. The second-order valence-corrected chi connectivity index (χ2v) is 6.28. The molecule has 2 aromatic carbocycles. The number of methoxy groups -OCH3 is 1. The monoisotopic (exact) mass is 401 g/mol. The van der Waals surface area contributed by atoms with Crippen molar-refractivity contribution < 1.29 is 9.13 Å². The lowest BCUT2D eigenvalue weighted by molar-refractivity contribution is 0.383. The predicted octanol–water partition coefficient (Wildman–Crippen LogP) is 4.60. The van der Waals surface area contributed by atoms with Gasteiger partial charge in [0.15, 0.2) is 11.6 Å². The average molecular weight is 403 g/mol. The van der Waals surface area contributed by atoms with Crippen molar-refractivity contribution in [2.24, 2.45) is 5.73 Å². The Bertz CT molecular complexity index is 599. The first-order valence-corrected chi connectivity index (χ1v) is 7.63. The van der Waals surface area contributed by atoms with E-state index in [1.165, 1.54) is 7.11 Å². The summed E-state index contributed by atoms with van der Waals surface area (Å²) in [6.07, 6.45) is 0.409. The Balaban J connectivity index is 2.25. The van der Waals surface area contributed by atoms with Crippen molar-refractivity contribution in [3.8, 4) is 5.75 Å². The van der Waals surface area contributed by atoms with Gasteiger partial charge >= 0.3 is 0 Å². The van der Waals surface area contributed by atoms with Crippen LogP contribution in [0.2, 0.25) is 0 Å². The van der Waals surface area contributed by atoms with Crippen LogP contribution in [0.1, 0.15) is 17.2 Å². The van der Waals surface area contributed by atoms with Gasteiger partial charge in [0.05, 0.1) is 7.11 Å². The molecule has 1 unspecified atom stereocenters. The van der Waals surface area contributed by atoms with Gasteiger partial charge < -0.3 is 10.5 Å². The van der Waals surface area contributed by atoms with Crippen LogP contribution in [0.25, 0.3) is 0 Å². The molecule has 2 aromatic rings. The second-order valence-electron chi connectivity index (χ2n) is 4.45. The van der Waals surface area contributed by atoms with Crippen molar-refractivity contribution in [3.05, 3.63) is 62.3 Å². The molecule has 106 valence electrons. The minimum Gasteiger partial charge on any atom is -0.494 e. The fourth-order valence-corrected chi connectivity index (χ4v) is 3.34. The quantitative estimate of drug-likeness (QED) is 0.810. The maximum atomic E-state index is 14.1. The van der Waals surface area contributed by atoms with Gasteiger partial charge in [0.1, 0.15) is 0 Å². The van der Waals surface area contributed by atoms with E-state index in [4.69, 9.17) is 10.5 Å². The van der Waals surface area contributed by atoms with E-state index in [1.807, 2.05) is 18.2 Å². The lowest BCUT2D eigenvalue weighted by atomic mass is 9.99. The number of nitrogens with two attached hydrogens (primary N) is 1. The van der Waals surface area contributed by atoms with E-state index in [-0.39, 0.29) is 17.6 Å². The highest BCUT2D eigenvalue weighted by molar-refractivity contribution is 9.11. The van der Waals surface area contributed by atoms with E-state index in [9.17, 15) is 4.39 Å². The van der Waals surface area contributed by atoms with Gasteiger partial charge in [-0.1, -0.05) is 44.0 Å². The summed E-state index contributed by atoms with van der Waals surface area (Å²) < 4.78 is 21.0. The summed E-state index contributed by atoms with van der Waals surface area (Å²) in [6, 6.07) is 10.6. The summed E-state index contributed by atoms with van der Waals surface area (Å²) in [5.41, 5.74) is 7.66. The van der Waals surface area contributed by atoms with Crippen molar-refractivity contribution in [2.75, 3.05) is 7.11 Å². The van der Waals surface area contributed by atoms with Gasteiger partial charge in [0.2, 0.25) is 0 Å². The molecule has 0 aliphatic heterocycles. The lowest BCUT2D eigenvalue weighted by Crippen LogP contribution is -2.14. The third kappa shape index (κ3) is 3.59. The Hall–Kier alpha value is -0.910. The van der Waals surface area contributed by atoms with E-state index in [0.717, 1.165) is 14.5 Å². The molecule has 0 aromatic heterocycles. The predicted molar refractivity (Wildman–Crippen MR) is 85.4 cm³/mol. The zero-order valence-corrected chi connectivity index (χ0v) is 14.0. The summed E-state index contributed by atoms with van der Waals surface area (Å²) in [5, 5.41) is 0. The Morgan fingerprint density at radius 2 is 1.85 bits per heavy atom. The van der Waals surface area contributed by atoms with E-state index in [2.05, 4.69) is 31.9 Å². The highest BCUT2D eigenvalue weighted by Gasteiger charge is 2.14. The number of benzene rings is 2. The zero-order chi connectivity index (χ0) is 14.7. The molecule has 0 fully saturated rings. The summed E-state index contributed by atoms with van der Waals surface area (Å²) in [5.74, 6) is -0.107. The van der Waals surface area contributed by atoms with E-state index in [0.29, 0.717) is 12.0 Å². The van der Waals surface area contributed by atoms with Crippen molar-refractivity contribution >= 4 is 31.9 Å². The molecule has 0 bridgehead atoms. The molecule has 2 nitrogen and oxygen atoms in total. The highest BCUT2D eigenvalue weighted by Crippen LogP contribution is 2.27. The molecule has 0 radical (unpaired) electrons. The zero-order valence-electron chi connectivity index (χ0n) is 10.9. The lowest BCUT2D eigenvalue weighted by Gasteiger charge is -2.14. The average Bonchev–Trinajstić information content (AvgIpc) is 2.40. The van der Waals surface area contributed by atoms with Crippen LogP contribution in [-0.2, 0) is 6.42 Å². The fourth-order valence-electron chi connectivity index (χ4n) is 2.02. The molecule has 2 rings (SSSR count). The fraction of sp³-hybridized carbons (Fsp3) is 0.200. The molecule has 0 saturated carbocycles. The summed E-state index contributed by atoms with van der Waals surface area (Å²) in [7, 11) is 1.45. The molecule has 0 aliphatic rings. The van der Waals surface area contributed by atoms with E-state index in [1.54, 1.807) is 18.2 Å². The SMILES string of the molecule is COc1cccc(CC(N)c2cc(Br)cc(Br)c2)c1F. The Kier molecular flexibility index (Phi) is 5.18. The molecule has 0 saturated heterocycles. The molecular weight excluding hydrogens is 389 g/mol. The number of halogens is 3. The minimum absolute atomic E-state index is 0.241. The van der Waals surface area contributed by atoms with Crippen LogP contribution in [0.5, 0.6) is 5.75 Å². The Labute approximate surface area is 134 Å². The van der Waals surface area contributed by atoms with Gasteiger partial charge in [0.25, 0.3) is 0 Å². The molecular formula is C15H14Br2FNO. The van der Waals surface area contributed by atoms with Crippen LogP contribution in [0.15, 0.2) is 45.3 Å². The maximum Gasteiger partial charge on any atom is 0.168 e. The largest absolute Gasteiger partial charge is 0.494 e. The Morgan fingerprint density at radius 3 is 2.45 bits per heavy atom. The second kappa shape index (κ2) is 6.70. The van der Waals surface area contributed by atoms with Crippen LogP contribution < -0.4 is 10.5 Å². The third-order valence-electron chi connectivity index (χ3n) is 3.02. The normalized spacial score (nSPS) is 12.2. The van der Waals surface area contributed by atoms with Crippen LogP contribution in [0.4, 0.5) is 4.39 Å². The molecule has 1 atom stereocenters. The van der Waals surface area contributed by atoms with Crippen LogP contribution in [0, 0.1) is 5.82 Å². The molecule has 0 amide bonds. The molecule has 5 heteroatoms. The first-order chi connectivity index (χ1) is 9.51. The number of ether oxygens (including phenoxy) is 1. The smallest absolute Gasteiger partial charge is 0.168 e. The van der Waals surface area contributed by atoms with Gasteiger partial charge in [-0.05, 0) is 41.8 Å². The van der Waals surface area contributed by atoms with Gasteiger partial charge in [-0.25, -0.2) is 4.39 Å². The topological polar surface area (TPSA) is 35.2 Å². The van der Waals surface area contributed by atoms with Crippen molar-refractivity contribution in [3.63, 3.8) is 0 Å². The molecule has 20 heavy (non-hydrogen) atoms. The van der Waals surface area contributed by atoms with Crippen LogP contribution in [0.3, 0.4) is 0 Å². The van der Waals surface area contributed by atoms with Gasteiger partial charge in [-0.2, -0.15) is 0 Å². The number of rotatable bonds is 4. The molecule has 0 spiro atoms. The Morgan fingerprint density at radius 1 is 1.20 bits per heavy atom. The van der Waals surface area contributed by atoms with Gasteiger partial charge in [-0.15, -0.1) is 0 Å². The summed E-state index contributed by atoms with van der Waals surface area (Å²) in [6.45, 7) is 0. The molecule has 0 aliphatic carbocycles. The summed E-state index contributed by atoms with van der Waals surface area (Å²) in [4.78, 5) is 0. The van der Waals surface area contributed by atoms with E-state index >= 15 is 0 Å². The first kappa shape index (κ1) is 15.5. The van der Waals surface area contributed by atoms with Crippen molar-refractivity contribution in [1.29, 1.82) is 0 Å².